The van der Waals surface area contributed by atoms with Crippen molar-refractivity contribution in [3.8, 4) is 5.75 Å². The highest BCUT2D eigenvalue weighted by Crippen LogP contribution is 2.28. The second-order valence-corrected chi connectivity index (χ2v) is 4.85. The van der Waals surface area contributed by atoms with E-state index in [1.165, 1.54) is 0 Å². The molecule has 1 N–H and O–H groups in total. The molecule has 0 aromatic heterocycles. The van der Waals surface area contributed by atoms with E-state index in [0.717, 1.165) is 0 Å². The quantitative estimate of drug-likeness (QED) is 0.906. The number of anilines is 1. The number of benzene rings is 1. The van der Waals surface area contributed by atoms with Gasteiger partial charge in [-0.05, 0) is 26.0 Å². The molecule has 0 amide bonds. The van der Waals surface area contributed by atoms with Crippen molar-refractivity contribution in [2.75, 3.05) is 25.1 Å². The van der Waals surface area contributed by atoms with Crippen molar-refractivity contribution in [3.05, 3.63) is 23.8 Å². The van der Waals surface area contributed by atoms with Gasteiger partial charge in [0.05, 0.1) is 30.6 Å². The molecule has 1 heterocycles. The molecule has 0 spiro atoms. The number of methoxy groups -OCH3 is 1. The van der Waals surface area contributed by atoms with Crippen LogP contribution in [0.4, 0.5) is 5.69 Å². The molecule has 2 rings (SSSR count). The molecule has 2 atom stereocenters. The number of carboxylic acid groups (broad SMARTS) is 1. The first kappa shape index (κ1) is 13.7. The molecule has 0 bridgehead atoms. The molecular formula is C14H19NO4. The number of nitrogens with zero attached hydrogens (tertiary/aromatic N) is 1. The van der Waals surface area contributed by atoms with Crippen LogP contribution in [-0.4, -0.2) is 43.5 Å². The Bertz CT molecular complexity index is 465. The Morgan fingerprint density at radius 1 is 1.37 bits per heavy atom. The van der Waals surface area contributed by atoms with Crippen LogP contribution in [-0.2, 0) is 4.74 Å². The molecule has 1 aliphatic rings. The lowest BCUT2D eigenvalue weighted by atomic mass is 10.1. The standard InChI is InChI=1S/C14H19NO4/c1-9-7-15(8-10(2)19-9)13-6-11(18-3)4-5-12(13)14(16)17/h4-6,9-10H,7-8H2,1-3H3,(H,16,17). The van der Waals surface area contributed by atoms with Gasteiger partial charge in [-0.3, -0.25) is 0 Å². The molecule has 1 aromatic carbocycles. The van der Waals surface area contributed by atoms with Gasteiger partial charge in [-0.2, -0.15) is 0 Å². The molecule has 0 aliphatic carbocycles. The van der Waals surface area contributed by atoms with Crippen molar-refractivity contribution >= 4 is 11.7 Å². The predicted molar refractivity (Wildman–Crippen MR) is 72.2 cm³/mol. The summed E-state index contributed by atoms with van der Waals surface area (Å²) in [5.41, 5.74) is 0.982. The van der Waals surface area contributed by atoms with Gasteiger partial charge in [0.25, 0.3) is 0 Å². The smallest absolute Gasteiger partial charge is 0.337 e. The number of carbonyl (C=O) groups is 1. The molecule has 0 radical (unpaired) electrons. The van der Waals surface area contributed by atoms with Gasteiger partial charge in [0.2, 0.25) is 0 Å². The summed E-state index contributed by atoms with van der Waals surface area (Å²) in [5, 5.41) is 9.29. The zero-order chi connectivity index (χ0) is 14.0. The number of morpholine rings is 1. The highest BCUT2D eigenvalue weighted by atomic mass is 16.5. The lowest BCUT2D eigenvalue weighted by Gasteiger charge is -2.37. The molecule has 0 saturated carbocycles. The van der Waals surface area contributed by atoms with Crippen molar-refractivity contribution in [2.24, 2.45) is 0 Å². The minimum absolute atomic E-state index is 0.0802. The summed E-state index contributed by atoms with van der Waals surface area (Å²) >= 11 is 0. The van der Waals surface area contributed by atoms with Crippen LogP contribution in [0.1, 0.15) is 24.2 Å². The first-order valence-electron chi connectivity index (χ1n) is 6.33. The van der Waals surface area contributed by atoms with Crippen LogP contribution >= 0.6 is 0 Å². The van der Waals surface area contributed by atoms with Gasteiger partial charge in [0.15, 0.2) is 0 Å². The molecule has 1 aliphatic heterocycles. The molecule has 5 heteroatoms. The van der Waals surface area contributed by atoms with Crippen LogP contribution in [0.25, 0.3) is 0 Å². The number of aromatic carboxylic acids is 1. The van der Waals surface area contributed by atoms with E-state index in [1.54, 1.807) is 25.3 Å². The van der Waals surface area contributed by atoms with Crippen molar-refractivity contribution in [1.29, 1.82) is 0 Å². The molecule has 19 heavy (non-hydrogen) atoms. The number of hydrogen-bond donors (Lipinski definition) is 1. The van der Waals surface area contributed by atoms with Gasteiger partial charge in [-0.1, -0.05) is 0 Å². The van der Waals surface area contributed by atoms with Crippen LogP contribution in [0.15, 0.2) is 18.2 Å². The van der Waals surface area contributed by atoms with Gasteiger partial charge in [0.1, 0.15) is 5.75 Å². The minimum atomic E-state index is -0.926. The maximum atomic E-state index is 11.3. The van der Waals surface area contributed by atoms with Gasteiger partial charge >= 0.3 is 5.97 Å². The number of rotatable bonds is 3. The highest BCUT2D eigenvalue weighted by Gasteiger charge is 2.25. The average molecular weight is 265 g/mol. The highest BCUT2D eigenvalue weighted by molar-refractivity contribution is 5.95. The van der Waals surface area contributed by atoms with E-state index in [0.29, 0.717) is 30.1 Å². The zero-order valence-electron chi connectivity index (χ0n) is 11.4. The Labute approximate surface area is 112 Å². The van der Waals surface area contributed by atoms with Crippen molar-refractivity contribution in [3.63, 3.8) is 0 Å². The van der Waals surface area contributed by atoms with Crippen molar-refractivity contribution < 1.29 is 19.4 Å². The molecule has 1 saturated heterocycles. The third-order valence-electron chi connectivity index (χ3n) is 3.20. The third-order valence-corrected chi connectivity index (χ3v) is 3.20. The average Bonchev–Trinajstić information content (AvgIpc) is 2.36. The van der Waals surface area contributed by atoms with E-state index in [1.807, 2.05) is 18.7 Å². The lowest BCUT2D eigenvalue weighted by Crippen LogP contribution is -2.46. The van der Waals surface area contributed by atoms with Crippen LogP contribution in [0.3, 0.4) is 0 Å². The summed E-state index contributed by atoms with van der Waals surface area (Å²) in [7, 11) is 1.57. The maximum Gasteiger partial charge on any atom is 0.337 e. The van der Waals surface area contributed by atoms with Crippen LogP contribution < -0.4 is 9.64 Å². The Morgan fingerprint density at radius 2 is 2.00 bits per heavy atom. The van der Waals surface area contributed by atoms with Gasteiger partial charge < -0.3 is 19.5 Å². The van der Waals surface area contributed by atoms with E-state index >= 15 is 0 Å². The van der Waals surface area contributed by atoms with Crippen molar-refractivity contribution in [2.45, 2.75) is 26.1 Å². The molecule has 1 aromatic rings. The number of carboxylic acids is 1. The van der Waals surface area contributed by atoms with Gasteiger partial charge in [0, 0.05) is 19.2 Å². The summed E-state index contributed by atoms with van der Waals surface area (Å²) in [6.45, 7) is 5.34. The third kappa shape index (κ3) is 2.98. The summed E-state index contributed by atoms with van der Waals surface area (Å²) in [4.78, 5) is 13.4. The molecule has 1 fully saturated rings. The summed E-state index contributed by atoms with van der Waals surface area (Å²) in [6.07, 6.45) is 0.160. The fourth-order valence-electron chi connectivity index (χ4n) is 2.46. The molecule has 5 nitrogen and oxygen atoms in total. The summed E-state index contributed by atoms with van der Waals surface area (Å²) in [6, 6.07) is 5.02. The summed E-state index contributed by atoms with van der Waals surface area (Å²) in [5.74, 6) is -0.267. The summed E-state index contributed by atoms with van der Waals surface area (Å²) < 4.78 is 10.9. The van der Waals surface area contributed by atoms with E-state index in [9.17, 15) is 9.90 Å². The first-order valence-corrected chi connectivity index (χ1v) is 6.33. The fraction of sp³-hybridized carbons (Fsp3) is 0.500. The second kappa shape index (κ2) is 5.48. The lowest BCUT2D eigenvalue weighted by molar-refractivity contribution is -0.00533. The van der Waals surface area contributed by atoms with E-state index in [-0.39, 0.29) is 12.2 Å². The van der Waals surface area contributed by atoms with Crippen molar-refractivity contribution in [1.82, 2.24) is 0 Å². The molecule has 2 unspecified atom stereocenters. The Kier molecular flexibility index (Phi) is 3.95. The topological polar surface area (TPSA) is 59.0 Å². The van der Waals surface area contributed by atoms with Crippen LogP contribution in [0.2, 0.25) is 0 Å². The van der Waals surface area contributed by atoms with E-state index in [2.05, 4.69) is 0 Å². The predicted octanol–water partition coefficient (Wildman–Crippen LogP) is 2.01. The Balaban J connectivity index is 2.38. The van der Waals surface area contributed by atoms with Gasteiger partial charge in [-0.25, -0.2) is 4.79 Å². The zero-order valence-corrected chi connectivity index (χ0v) is 11.4. The van der Waals surface area contributed by atoms with E-state index < -0.39 is 5.97 Å². The number of hydrogen-bond acceptors (Lipinski definition) is 4. The van der Waals surface area contributed by atoms with Crippen LogP contribution in [0.5, 0.6) is 5.75 Å². The minimum Gasteiger partial charge on any atom is -0.497 e. The normalized spacial score (nSPS) is 23.2. The Hall–Kier alpha value is -1.75. The Morgan fingerprint density at radius 3 is 2.53 bits per heavy atom. The second-order valence-electron chi connectivity index (χ2n) is 4.85. The molecule has 104 valence electrons. The maximum absolute atomic E-state index is 11.3. The largest absolute Gasteiger partial charge is 0.497 e. The fourth-order valence-corrected chi connectivity index (χ4v) is 2.46. The van der Waals surface area contributed by atoms with Gasteiger partial charge in [-0.15, -0.1) is 0 Å². The monoisotopic (exact) mass is 265 g/mol. The molecular weight excluding hydrogens is 246 g/mol. The van der Waals surface area contributed by atoms with Crippen LogP contribution in [0, 0.1) is 0 Å². The SMILES string of the molecule is COc1ccc(C(=O)O)c(N2CC(C)OC(C)C2)c1. The van der Waals surface area contributed by atoms with E-state index in [4.69, 9.17) is 9.47 Å². The first-order chi connectivity index (χ1) is 9.01. The number of ether oxygens (including phenoxy) is 2.